The normalized spacial score (nSPS) is 13.6. The maximum absolute atomic E-state index is 11.9. The minimum atomic E-state index is -0.570. The van der Waals surface area contributed by atoms with Crippen molar-refractivity contribution >= 4 is 22.8 Å². The largest absolute Gasteiger partial charge is 0.459 e. The molecule has 0 fully saturated rings. The van der Waals surface area contributed by atoms with Crippen LogP contribution in [0.5, 0.6) is 0 Å². The van der Waals surface area contributed by atoms with Crippen LogP contribution in [-0.2, 0) is 4.79 Å². The Morgan fingerprint density at radius 2 is 2.04 bits per heavy atom. The van der Waals surface area contributed by atoms with Crippen molar-refractivity contribution < 1.29 is 9.21 Å². The maximum Gasteiger partial charge on any atom is 0.227 e. The fourth-order valence-corrected chi connectivity index (χ4v) is 2.50. The highest BCUT2D eigenvalue weighted by molar-refractivity contribution is 5.84. The second-order valence-electron chi connectivity index (χ2n) is 6.71. The van der Waals surface area contributed by atoms with Gasteiger partial charge in [0.1, 0.15) is 11.3 Å². The molecule has 1 aromatic carbocycles. The number of furan rings is 1. The van der Waals surface area contributed by atoms with E-state index in [-0.39, 0.29) is 11.9 Å². The lowest BCUT2D eigenvalue weighted by Gasteiger charge is -2.22. The summed E-state index contributed by atoms with van der Waals surface area (Å²) in [5.41, 5.74) is 0.300. The first kappa shape index (κ1) is 18.8. The highest BCUT2D eigenvalue weighted by atomic mass is 16.3. The molecular formula is C19H28N4O2. The van der Waals surface area contributed by atoms with E-state index in [9.17, 15) is 4.79 Å². The lowest BCUT2D eigenvalue weighted by molar-refractivity contribution is -0.128. The van der Waals surface area contributed by atoms with Crippen LogP contribution in [0, 0.1) is 5.41 Å². The Balaban J connectivity index is 2.11. The number of nitrogens with zero attached hydrogens (tertiary/aromatic N) is 1. The first-order chi connectivity index (χ1) is 11.9. The van der Waals surface area contributed by atoms with Crippen molar-refractivity contribution in [3.63, 3.8) is 0 Å². The first-order valence-corrected chi connectivity index (χ1v) is 8.63. The van der Waals surface area contributed by atoms with E-state index in [1.807, 2.05) is 58.0 Å². The summed E-state index contributed by atoms with van der Waals surface area (Å²) in [5, 5.41) is 10.3. The van der Waals surface area contributed by atoms with Gasteiger partial charge in [0.05, 0.1) is 18.0 Å². The molecule has 0 saturated heterocycles. The topological polar surface area (TPSA) is 78.7 Å². The number of hydrogen-bond donors (Lipinski definition) is 3. The van der Waals surface area contributed by atoms with Crippen LogP contribution in [0.15, 0.2) is 39.7 Å². The Hall–Kier alpha value is -2.50. The summed E-state index contributed by atoms with van der Waals surface area (Å²) in [7, 11) is 1.64. The summed E-state index contributed by atoms with van der Waals surface area (Å²) in [6.45, 7) is 8.90. The van der Waals surface area contributed by atoms with Crippen LogP contribution in [0.2, 0.25) is 0 Å². The number of guanidine groups is 1. The van der Waals surface area contributed by atoms with E-state index in [2.05, 4.69) is 20.9 Å². The van der Waals surface area contributed by atoms with Crippen LogP contribution < -0.4 is 16.0 Å². The van der Waals surface area contributed by atoms with Gasteiger partial charge >= 0.3 is 0 Å². The highest BCUT2D eigenvalue weighted by Gasteiger charge is 2.26. The quantitative estimate of drug-likeness (QED) is 0.556. The van der Waals surface area contributed by atoms with Gasteiger partial charge in [-0.05, 0) is 39.8 Å². The molecule has 1 aromatic heterocycles. The van der Waals surface area contributed by atoms with Gasteiger partial charge in [-0.15, -0.1) is 0 Å². The molecule has 0 aliphatic carbocycles. The Kier molecular flexibility index (Phi) is 6.07. The van der Waals surface area contributed by atoms with Crippen molar-refractivity contribution in [2.75, 3.05) is 20.1 Å². The molecule has 1 amide bonds. The molecule has 0 aliphatic heterocycles. The molecule has 25 heavy (non-hydrogen) atoms. The number of fused-ring (bicyclic) bond motifs is 1. The summed E-state index contributed by atoms with van der Waals surface area (Å²) < 4.78 is 5.90. The summed E-state index contributed by atoms with van der Waals surface area (Å²) in [4.78, 5) is 16.5. The van der Waals surface area contributed by atoms with Gasteiger partial charge in [-0.1, -0.05) is 18.2 Å². The summed E-state index contributed by atoms with van der Waals surface area (Å²) >= 11 is 0. The number of carbonyl (C=O) groups is 1. The molecule has 6 nitrogen and oxygen atoms in total. The Morgan fingerprint density at radius 1 is 1.32 bits per heavy atom. The van der Waals surface area contributed by atoms with Gasteiger partial charge < -0.3 is 20.4 Å². The van der Waals surface area contributed by atoms with Crippen molar-refractivity contribution in [2.24, 2.45) is 10.4 Å². The Bertz CT molecular complexity index is 716. The fraction of sp³-hybridized carbons (Fsp3) is 0.474. The summed E-state index contributed by atoms with van der Waals surface area (Å²) in [5.74, 6) is 1.47. The predicted molar refractivity (Wildman–Crippen MR) is 102 cm³/mol. The molecule has 6 heteroatoms. The van der Waals surface area contributed by atoms with E-state index in [1.165, 1.54) is 0 Å². The standard InChI is InChI=1S/C19H28N4O2/c1-6-21-18(22-12-19(3,4)17(24)20-5)23-13(2)16-11-14-9-7-8-10-15(14)25-16/h7-11,13H,6,12H2,1-5H3,(H,20,24)(H2,21,22,23). The molecule has 1 unspecified atom stereocenters. The van der Waals surface area contributed by atoms with Crippen LogP contribution in [0.3, 0.4) is 0 Å². The number of rotatable bonds is 6. The minimum absolute atomic E-state index is 0.0302. The summed E-state index contributed by atoms with van der Waals surface area (Å²) in [6, 6.07) is 9.92. The SMILES string of the molecule is CCNC(=NCC(C)(C)C(=O)NC)NC(C)c1cc2ccccc2o1. The molecule has 0 radical (unpaired) electrons. The van der Waals surface area contributed by atoms with Crippen LogP contribution in [-0.4, -0.2) is 32.0 Å². The number of benzene rings is 1. The van der Waals surface area contributed by atoms with E-state index in [1.54, 1.807) is 7.05 Å². The van der Waals surface area contributed by atoms with Crippen molar-refractivity contribution in [3.05, 3.63) is 36.1 Å². The zero-order valence-corrected chi connectivity index (χ0v) is 15.6. The third-order valence-corrected chi connectivity index (χ3v) is 4.04. The molecule has 0 aliphatic rings. The van der Waals surface area contributed by atoms with Crippen molar-refractivity contribution in [1.82, 2.24) is 16.0 Å². The van der Waals surface area contributed by atoms with E-state index < -0.39 is 5.41 Å². The molecule has 2 aromatic rings. The van der Waals surface area contributed by atoms with Crippen LogP contribution in [0.4, 0.5) is 0 Å². The molecule has 1 heterocycles. The number of hydrogen-bond acceptors (Lipinski definition) is 3. The second kappa shape index (κ2) is 8.05. The average Bonchev–Trinajstić information content (AvgIpc) is 3.03. The second-order valence-corrected chi connectivity index (χ2v) is 6.71. The van der Waals surface area contributed by atoms with Crippen molar-refractivity contribution in [1.29, 1.82) is 0 Å². The lowest BCUT2D eigenvalue weighted by atomic mass is 9.93. The van der Waals surface area contributed by atoms with Gasteiger partial charge in [-0.2, -0.15) is 0 Å². The molecule has 0 saturated carbocycles. The van der Waals surface area contributed by atoms with Crippen LogP contribution in [0.1, 0.15) is 39.5 Å². The van der Waals surface area contributed by atoms with Crippen LogP contribution >= 0.6 is 0 Å². The number of amides is 1. The zero-order chi connectivity index (χ0) is 18.4. The molecule has 136 valence electrons. The van der Waals surface area contributed by atoms with Crippen molar-refractivity contribution in [3.8, 4) is 0 Å². The predicted octanol–water partition coefficient (Wildman–Crippen LogP) is 2.82. The van der Waals surface area contributed by atoms with Gasteiger partial charge in [0.25, 0.3) is 0 Å². The third-order valence-electron chi connectivity index (χ3n) is 4.04. The number of carbonyl (C=O) groups excluding carboxylic acids is 1. The van der Waals surface area contributed by atoms with E-state index in [0.717, 1.165) is 23.3 Å². The Morgan fingerprint density at radius 3 is 2.68 bits per heavy atom. The van der Waals surface area contributed by atoms with Gasteiger partial charge in [0.2, 0.25) is 5.91 Å². The highest BCUT2D eigenvalue weighted by Crippen LogP contribution is 2.23. The molecule has 3 N–H and O–H groups in total. The first-order valence-electron chi connectivity index (χ1n) is 8.63. The van der Waals surface area contributed by atoms with Gasteiger partial charge in [0, 0.05) is 19.0 Å². The molecule has 0 bridgehead atoms. The number of para-hydroxylation sites is 1. The van der Waals surface area contributed by atoms with Gasteiger partial charge in [-0.3, -0.25) is 9.79 Å². The average molecular weight is 344 g/mol. The Labute approximate surface area is 149 Å². The number of nitrogens with one attached hydrogen (secondary N) is 3. The molecule has 0 spiro atoms. The third kappa shape index (κ3) is 4.75. The molecule has 2 rings (SSSR count). The molecular weight excluding hydrogens is 316 g/mol. The monoisotopic (exact) mass is 344 g/mol. The zero-order valence-electron chi connectivity index (χ0n) is 15.6. The molecule has 1 atom stereocenters. The smallest absolute Gasteiger partial charge is 0.227 e. The van der Waals surface area contributed by atoms with E-state index in [0.29, 0.717) is 12.5 Å². The van der Waals surface area contributed by atoms with Gasteiger partial charge in [-0.25, -0.2) is 0 Å². The maximum atomic E-state index is 11.9. The van der Waals surface area contributed by atoms with E-state index in [4.69, 9.17) is 4.42 Å². The lowest BCUT2D eigenvalue weighted by Crippen LogP contribution is -2.41. The number of aliphatic imine (C=N–C) groups is 1. The van der Waals surface area contributed by atoms with Crippen LogP contribution in [0.25, 0.3) is 11.0 Å². The fourth-order valence-electron chi connectivity index (χ4n) is 2.50. The minimum Gasteiger partial charge on any atom is -0.459 e. The van der Waals surface area contributed by atoms with Crippen molar-refractivity contribution in [2.45, 2.75) is 33.7 Å². The summed E-state index contributed by atoms with van der Waals surface area (Å²) in [6.07, 6.45) is 0. The van der Waals surface area contributed by atoms with E-state index >= 15 is 0 Å². The van der Waals surface area contributed by atoms with Gasteiger partial charge in [0.15, 0.2) is 5.96 Å².